The van der Waals surface area contributed by atoms with Crippen molar-refractivity contribution in [3.05, 3.63) is 44.4 Å². The van der Waals surface area contributed by atoms with Gasteiger partial charge in [0.1, 0.15) is 0 Å². The number of thiazole rings is 1. The predicted octanol–water partition coefficient (Wildman–Crippen LogP) is 4.68. The van der Waals surface area contributed by atoms with E-state index in [1.165, 1.54) is 16.0 Å². The van der Waals surface area contributed by atoms with Gasteiger partial charge in [-0.15, -0.1) is 11.3 Å². The van der Waals surface area contributed by atoms with Crippen molar-refractivity contribution < 1.29 is 0 Å². The summed E-state index contributed by atoms with van der Waals surface area (Å²) in [6.45, 7) is 8.65. The molecule has 0 saturated heterocycles. The van der Waals surface area contributed by atoms with Crippen LogP contribution in [0, 0.1) is 6.92 Å². The first kappa shape index (κ1) is 14.5. The van der Waals surface area contributed by atoms with Crippen molar-refractivity contribution in [1.82, 2.24) is 4.98 Å². The van der Waals surface area contributed by atoms with Gasteiger partial charge >= 0.3 is 0 Å². The molecule has 102 valence electrons. The van der Waals surface area contributed by atoms with Crippen LogP contribution in [0.2, 0.25) is 0 Å². The number of aromatic nitrogens is 1. The highest BCUT2D eigenvalue weighted by Gasteiger charge is 2.22. The van der Waals surface area contributed by atoms with Crippen molar-refractivity contribution in [3.63, 3.8) is 0 Å². The van der Waals surface area contributed by atoms with Gasteiger partial charge in [0.25, 0.3) is 0 Å². The van der Waals surface area contributed by atoms with E-state index in [9.17, 15) is 0 Å². The fraction of sp³-hybridized carbons (Fsp3) is 0.400. The van der Waals surface area contributed by atoms with Gasteiger partial charge in [-0.1, -0.05) is 48.8 Å². The molecule has 0 aliphatic rings. The standard InChI is InChI=1S/C15H19BrN2S/c1-9-7-10(5-6-11(9)16)8-12-13(15(2,3)4)18-14(17)19-12/h5-7H,8H2,1-4H3,(H2,17,18). The fourth-order valence-corrected chi connectivity index (χ4v) is 3.40. The highest BCUT2D eigenvalue weighted by Crippen LogP contribution is 2.32. The lowest BCUT2D eigenvalue weighted by molar-refractivity contribution is 0.568. The summed E-state index contributed by atoms with van der Waals surface area (Å²) in [4.78, 5) is 5.78. The summed E-state index contributed by atoms with van der Waals surface area (Å²) in [5.74, 6) is 0. The second-order valence-corrected chi connectivity index (χ2v) is 7.80. The number of nitrogens with zero attached hydrogens (tertiary/aromatic N) is 1. The topological polar surface area (TPSA) is 38.9 Å². The Morgan fingerprint density at radius 1 is 1.32 bits per heavy atom. The van der Waals surface area contributed by atoms with Crippen LogP contribution in [0.4, 0.5) is 5.13 Å². The van der Waals surface area contributed by atoms with Gasteiger partial charge in [-0.2, -0.15) is 0 Å². The maximum atomic E-state index is 5.88. The van der Waals surface area contributed by atoms with Crippen LogP contribution < -0.4 is 5.73 Å². The third-order valence-corrected chi connectivity index (χ3v) is 4.79. The molecule has 0 aliphatic heterocycles. The molecule has 2 rings (SSSR count). The van der Waals surface area contributed by atoms with E-state index in [1.807, 2.05) is 0 Å². The van der Waals surface area contributed by atoms with Crippen LogP contribution in [-0.4, -0.2) is 4.98 Å². The van der Waals surface area contributed by atoms with E-state index in [1.54, 1.807) is 11.3 Å². The molecule has 0 aliphatic carbocycles. The van der Waals surface area contributed by atoms with Crippen molar-refractivity contribution in [2.24, 2.45) is 0 Å². The average Bonchev–Trinajstić information content (AvgIpc) is 2.65. The quantitative estimate of drug-likeness (QED) is 0.862. The minimum absolute atomic E-state index is 0.0356. The van der Waals surface area contributed by atoms with Crippen molar-refractivity contribution in [2.75, 3.05) is 5.73 Å². The second-order valence-electron chi connectivity index (χ2n) is 5.83. The lowest BCUT2D eigenvalue weighted by Gasteiger charge is -2.17. The Balaban J connectivity index is 2.35. The van der Waals surface area contributed by atoms with Gasteiger partial charge in [-0.25, -0.2) is 4.98 Å². The fourth-order valence-electron chi connectivity index (χ4n) is 2.08. The van der Waals surface area contributed by atoms with Crippen LogP contribution in [0.5, 0.6) is 0 Å². The van der Waals surface area contributed by atoms with E-state index in [0.29, 0.717) is 5.13 Å². The number of rotatable bonds is 2. The summed E-state index contributed by atoms with van der Waals surface area (Å²) in [6.07, 6.45) is 0.898. The molecule has 0 radical (unpaired) electrons. The van der Waals surface area contributed by atoms with Crippen molar-refractivity contribution in [2.45, 2.75) is 39.5 Å². The third-order valence-electron chi connectivity index (χ3n) is 3.01. The lowest BCUT2D eigenvalue weighted by Crippen LogP contribution is -2.14. The molecule has 4 heteroatoms. The molecule has 19 heavy (non-hydrogen) atoms. The number of nitrogens with two attached hydrogens (primary N) is 1. The first-order chi connectivity index (χ1) is 8.77. The van der Waals surface area contributed by atoms with Crippen molar-refractivity contribution in [3.8, 4) is 0 Å². The third kappa shape index (κ3) is 3.37. The van der Waals surface area contributed by atoms with Gasteiger partial charge in [0.05, 0.1) is 5.69 Å². The zero-order valence-corrected chi connectivity index (χ0v) is 14.2. The van der Waals surface area contributed by atoms with E-state index in [0.717, 1.165) is 16.6 Å². The minimum Gasteiger partial charge on any atom is -0.375 e. The maximum absolute atomic E-state index is 5.88. The molecule has 0 atom stereocenters. The van der Waals surface area contributed by atoms with E-state index < -0.39 is 0 Å². The molecule has 0 bridgehead atoms. The Labute approximate surface area is 127 Å². The van der Waals surface area contributed by atoms with Gasteiger partial charge < -0.3 is 5.73 Å². The number of hydrogen-bond donors (Lipinski definition) is 1. The van der Waals surface area contributed by atoms with Crippen molar-refractivity contribution >= 4 is 32.4 Å². The van der Waals surface area contributed by atoms with E-state index >= 15 is 0 Å². The smallest absolute Gasteiger partial charge is 0.180 e. The van der Waals surface area contributed by atoms with Gasteiger partial charge in [0.15, 0.2) is 5.13 Å². The molecule has 0 amide bonds. The highest BCUT2D eigenvalue weighted by molar-refractivity contribution is 9.10. The number of aryl methyl sites for hydroxylation is 1. The van der Waals surface area contributed by atoms with Crippen LogP contribution in [0.25, 0.3) is 0 Å². The number of halogens is 1. The molecule has 2 N–H and O–H groups in total. The second kappa shape index (κ2) is 5.25. The van der Waals surface area contributed by atoms with Crippen LogP contribution in [0.1, 0.15) is 42.5 Å². The van der Waals surface area contributed by atoms with Crippen LogP contribution >= 0.6 is 27.3 Å². The molecular weight excluding hydrogens is 320 g/mol. The summed E-state index contributed by atoms with van der Waals surface area (Å²) in [5, 5.41) is 0.661. The molecule has 0 fully saturated rings. The summed E-state index contributed by atoms with van der Waals surface area (Å²) in [7, 11) is 0. The number of anilines is 1. The summed E-state index contributed by atoms with van der Waals surface area (Å²) < 4.78 is 1.15. The van der Waals surface area contributed by atoms with Crippen LogP contribution in [-0.2, 0) is 11.8 Å². The largest absolute Gasteiger partial charge is 0.375 e. The van der Waals surface area contributed by atoms with E-state index in [-0.39, 0.29) is 5.41 Å². The summed E-state index contributed by atoms with van der Waals surface area (Å²) >= 11 is 5.14. The molecule has 1 aromatic heterocycles. The monoisotopic (exact) mass is 338 g/mol. The Hall–Kier alpha value is -0.870. The van der Waals surface area contributed by atoms with E-state index in [2.05, 4.69) is 66.8 Å². The zero-order valence-electron chi connectivity index (χ0n) is 11.7. The highest BCUT2D eigenvalue weighted by atomic mass is 79.9. The molecule has 0 unspecified atom stereocenters. The summed E-state index contributed by atoms with van der Waals surface area (Å²) in [5.41, 5.74) is 9.60. The Morgan fingerprint density at radius 2 is 2.00 bits per heavy atom. The average molecular weight is 339 g/mol. The Kier molecular flexibility index (Phi) is 4.02. The van der Waals surface area contributed by atoms with Crippen molar-refractivity contribution in [1.29, 1.82) is 0 Å². The Bertz CT molecular complexity index is 597. The van der Waals surface area contributed by atoms with Gasteiger partial charge in [0, 0.05) is 21.2 Å². The molecule has 1 aromatic carbocycles. The van der Waals surface area contributed by atoms with E-state index in [4.69, 9.17) is 5.73 Å². The maximum Gasteiger partial charge on any atom is 0.180 e. The van der Waals surface area contributed by atoms with Gasteiger partial charge in [-0.3, -0.25) is 0 Å². The first-order valence-corrected chi connectivity index (χ1v) is 7.89. The van der Waals surface area contributed by atoms with Gasteiger partial charge in [0.2, 0.25) is 0 Å². The number of benzene rings is 1. The molecule has 2 aromatic rings. The molecule has 0 saturated carbocycles. The van der Waals surface area contributed by atoms with Crippen LogP contribution in [0.3, 0.4) is 0 Å². The Morgan fingerprint density at radius 3 is 2.58 bits per heavy atom. The number of hydrogen-bond acceptors (Lipinski definition) is 3. The molecule has 2 nitrogen and oxygen atoms in total. The normalized spacial score (nSPS) is 11.8. The zero-order chi connectivity index (χ0) is 14.2. The lowest BCUT2D eigenvalue weighted by atomic mass is 9.90. The minimum atomic E-state index is 0.0356. The SMILES string of the molecule is Cc1cc(Cc2sc(N)nc2C(C)(C)C)ccc1Br. The van der Waals surface area contributed by atoms with Crippen LogP contribution in [0.15, 0.2) is 22.7 Å². The predicted molar refractivity (Wildman–Crippen MR) is 86.9 cm³/mol. The van der Waals surface area contributed by atoms with Gasteiger partial charge in [-0.05, 0) is 24.1 Å². The number of nitrogen functional groups attached to an aromatic ring is 1. The summed E-state index contributed by atoms with van der Waals surface area (Å²) in [6, 6.07) is 6.47. The molecule has 0 spiro atoms. The molecular formula is C15H19BrN2S. The first-order valence-electron chi connectivity index (χ1n) is 6.28. The molecule has 1 heterocycles.